The average Bonchev–Trinajstić information content (AvgIpc) is 2.10. The van der Waals surface area contributed by atoms with Gasteiger partial charge < -0.3 is 0 Å². The summed E-state index contributed by atoms with van der Waals surface area (Å²) in [6, 6.07) is 0. The number of hydrogen-bond acceptors (Lipinski definition) is 0. The molecule has 0 heterocycles. The predicted octanol–water partition coefficient (Wildman–Crippen LogP) is 4.25. The van der Waals surface area contributed by atoms with Crippen LogP contribution >= 0.6 is 0 Å². The largest absolute Gasteiger partial charge is 0.104 e. The molecule has 0 bridgehead atoms. The van der Waals surface area contributed by atoms with Gasteiger partial charge in [-0.2, -0.15) is 0 Å². The van der Waals surface area contributed by atoms with Gasteiger partial charge in [0, 0.05) is 12.8 Å². The summed E-state index contributed by atoms with van der Waals surface area (Å²) in [5.74, 6) is 8.04. The molecule has 1 atom stereocenters. The van der Waals surface area contributed by atoms with Crippen LogP contribution in [-0.2, 0) is 0 Å². The van der Waals surface area contributed by atoms with Gasteiger partial charge in [0.1, 0.15) is 0 Å². The smallest absolute Gasteiger partial charge is 0.0119 e. The minimum Gasteiger partial charge on any atom is -0.104 e. The lowest BCUT2D eigenvalue weighted by Gasteiger charge is -2.17. The van der Waals surface area contributed by atoms with E-state index in [0.717, 1.165) is 24.7 Å². The van der Waals surface area contributed by atoms with Crippen molar-refractivity contribution in [3.05, 3.63) is 0 Å². The summed E-state index contributed by atoms with van der Waals surface area (Å²) in [6.45, 7) is 9.00. The summed E-state index contributed by atoms with van der Waals surface area (Å²) in [5, 5.41) is 0. The minimum atomic E-state index is 0.790. The summed E-state index contributed by atoms with van der Waals surface area (Å²) < 4.78 is 0. The van der Waals surface area contributed by atoms with E-state index < -0.39 is 0 Å². The molecule has 0 N–H and O–H groups in total. The first-order chi connectivity index (χ1) is 6.22. The second-order valence-electron chi connectivity index (χ2n) is 4.06. The second kappa shape index (κ2) is 8.17. The highest BCUT2D eigenvalue weighted by atomic mass is 14.1. The molecule has 0 aliphatic rings. The Hall–Kier alpha value is -0.440. The van der Waals surface area contributed by atoms with E-state index in [-0.39, 0.29) is 0 Å². The van der Waals surface area contributed by atoms with Gasteiger partial charge in [-0.15, -0.1) is 11.8 Å². The van der Waals surface area contributed by atoms with Crippen LogP contribution in [0.1, 0.15) is 59.8 Å². The van der Waals surface area contributed by atoms with Crippen LogP contribution in [0.3, 0.4) is 0 Å². The molecule has 0 aromatic heterocycles. The van der Waals surface area contributed by atoms with Crippen molar-refractivity contribution in [1.29, 1.82) is 0 Å². The first kappa shape index (κ1) is 12.6. The fourth-order valence-electron chi connectivity index (χ4n) is 1.47. The molecule has 0 heteroatoms. The van der Waals surface area contributed by atoms with E-state index in [1.807, 2.05) is 0 Å². The highest BCUT2D eigenvalue weighted by molar-refractivity contribution is 4.99. The zero-order valence-corrected chi connectivity index (χ0v) is 9.69. The maximum absolute atomic E-state index is 3.28. The molecule has 0 saturated heterocycles. The van der Waals surface area contributed by atoms with Crippen molar-refractivity contribution in [2.24, 2.45) is 11.8 Å². The van der Waals surface area contributed by atoms with Crippen LogP contribution in [0.15, 0.2) is 0 Å². The molecule has 76 valence electrons. The van der Waals surface area contributed by atoms with Crippen LogP contribution in [0, 0.1) is 23.7 Å². The van der Waals surface area contributed by atoms with Gasteiger partial charge in [0.2, 0.25) is 0 Å². The van der Waals surface area contributed by atoms with Crippen LogP contribution in [0.2, 0.25) is 0 Å². The van der Waals surface area contributed by atoms with Crippen molar-refractivity contribution in [3.8, 4) is 11.8 Å². The van der Waals surface area contributed by atoms with Gasteiger partial charge >= 0.3 is 0 Å². The van der Waals surface area contributed by atoms with E-state index in [1.54, 1.807) is 0 Å². The van der Waals surface area contributed by atoms with Gasteiger partial charge in [-0.25, -0.2) is 0 Å². The molecule has 0 fully saturated rings. The third-order valence-corrected chi connectivity index (χ3v) is 2.54. The first-order valence-corrected chi connectivity index (χ1v) is 5.68. The van der Waals surface area contributed by atoms with Crippen molar-refractivity contribution in [2.75, 3.05) is 0 Å². The molecule has 13 heavy (non-hydrogen) atoms. The number of unbranched alkanes of at least 4 members (excludes halogenated alkanes) is 1. The second-order valence-corrected chi connectivity index (χ2v) is 4.06. The summed E-state index contributed by atoms with van der Waals surface area (Å²) in [4.78, 5) is 0. The highest BCUT2D eigenvalue weighted by Crippen LogP contribution is 2.21. The molecule has 0 aromatic rings. The van der Waals surface area contributed by atoms with Crippen molar-refractivity contribution >= 4 is 0 Å². The number of rotatable bonds is 5. The Morgan fingerprint density at radius 1 is 1.08 bits per heavy atom. The molecule has 0 saturated carbocycles. The third kappa shape index (κ3) is 6.70. The van der Waals surface area contributed by atoms with E-state index in [0.29, 0.717) is 0 Å². The minimum absolute atomic E-state index is 0.790. The molecular weight excluding hydrogens is 156 g/mol. The van der Waals surface area contributed by atoms with Crippen molar-refractivity contribution in [1.82, 2.24) is 0 Å². The summed E-state index contributed by atoms with van der Waals surface area (Å²) >= 11 is 0. The molecule has 0 aromatic carbocycles. The van der Waals surface area contributed by atoms with Gasteiger partial charge in [-0.05, 0) is 18.3 Å². The van der Waals surface area contributed by atoms with E-state index in [9.17, 15) is 0 Å². The number of hydrogen-bond donors (Lipinski definition) is 0. The lowest BCUT2D eigenvalue weighted by molar-refractivity contribution is 0.357. The van der Waals surface area contributed by atoms with Gasteiger partial charge in [-0.1, -0.05) is 40.5 Å². The summed E-state index contributed by atoms with van der Waals surface area (Å²) in [6.07, 6.45) is 6.12. The molecule has 0 aliphatic carbocycles. The lowest BCUT2D eigenvalue weighted by atomic mass is 9.88. The van der Waals surface area contributed by atoms with Crippen molar-refractivity contribution < 1.29 is 0 Å². The molecule has 0 aliphatic heterocycles. The Labute approximate surface area is 84.1 Å². The van der Waals surface area contributed by atoms with E-state index in [4.69, 9.17) is 0 Å². The van der Waals surface area contributed by atoms with Crippen LogP contribution in [0.5, 0.6) is 0 Å². The molecule has 0 amide bonds. The standard InChI is InChI=1S/C13H24/c1-5-7-9-11-13(12(3)4)10-8-6-2/h12-13H,5-6,8,10-11H2,1-4H3. The van der Waals surface area contributed by atoms with Crippen LogP contribution < -0.4 is 0 Å². The maximum atomic E-state index is 3.28. The monoisotopic (exact) mass is 180 g/mol. The third-order valence-electron chi connectivity index (χ3n) is 2.54. The lowest BCUT2D eigenvalue weighted by Crippen LogP contribution is -2.07. The van der Waals surface area contributed by atoms with Gasteiger partial charge in [-0.3, -0.25) is 0 Å². The fraction of sp³-hybridized carbons (Fsp3) is 0.846. The van der Waals surface area contributed by atoms with Gasteiger partial charge in [0.25, 0.3) is 0 Å². The topological polar surface area (TPSA) is 0 Å². The van der Waals surface area contributed by atoms with Gasteiger partial charge in [0.05, 0.1) is 0 Å². The highest BCUT2D eigenvalue weighted by Gasteiger charge is 2.10. The van der Waals surface area contributed by atoms with Gasteiger partial charge in [0.15, 0.2) is 0 Å². The van der Waals surface area contributed by atoms with Crippen LogP contribution in [0.4, 0.5) is 0 Å². The fourth-order valence-corrected chi connectivity index (χ4v) is 1.47. The van der Waals surface area contributed by atoms with E-state index in [2.05, 4.69) is 39.5 Å². The molecule has 0 rings (SSSR count). The quantitative estimate of drug-likeness (QED) is 0.555. The van der Waals surface area contributed by atoms with E-state index in [1.165, 1.54) is 19.3 Å². The van der Waals surface area contributed by atoms with Crippen LogP contribution in [-0.4, -0.2) is 0 Å². The zero-order valence-electron chi connectivity index (χ0n) is 9.69. The summed E-state index contributed by atoms with van der Waals surface area (Å²) in [5.41, 5.74) is 0. The Kier molecular flexibility index (Phi) is 7.90. The molecule has 1 unspecified atom stereocenters. The predicted molar refractivity (Wildman–Crippen MR) is 60.5 cm³/mol. The normalized spacial score (nSPS) is 12.4. The van der Waals surface area contributed by atoms with Crippen molar-refractivity contribution in [3.63, 3.8) is 0 Å². The Morgan fingerprint density at radius 2 is 1.77 bits per heavy atom. The zero-order chi connectivity index (χ0) is 10.1. The van der Waals surface area contributed by atoms with Crippen LogP contribution in [0.25, 0.3) is 0 Å². The SMILES string of the molecule is CCC#CCC(CCCC)C(C)C. The first-order valence-electron chi connectivity index (χ1n) is 5.68. The Balaban J connectivity index is 3.80. The molecule has 0 spiro atoms. The summed E-state index contributed by atoms with van der Waals surface area (Å²) in [7, 11) is 0. The van der Waals surface area contributed by atoms with Crippen molar-refractivity contribution in [2.45, 2.75) is 59.8 Å². The Morgan fingerprint density at radius 3 is 2.23 bits per heavy atom. The Bertz CT molecular complexity index is 157. The average molecular weight is 180 g/mol. The molecule has 0 nitrogen and oxygen atoms in total. The molecular formula is C13H24. The van der Waals surface area contributed by atoms with E-state index >= 15 is 0 Å². The molecule has 0 radical (unpaired) electrons. The maximum Gasteiger partial charge on any atom is 0.0119 e.